The molecule has 3 heteroatoms. The van der Waals surface area contributed by atoms with E-state index in [0.717, 1.165) is 32.6 Å². The van der Waals surface area contributed by atoms with E-state index in [4.69, 9.17) is 0 Å². The molecule has 0 spiro atoms. The topological polar surface area (TPSA) is 35.5 Å². The number of nitrogens with zero attached hydrogens (tertiary/aromatic N) is 1. The summed E-state index contributed by atoms with van der Waals surface area (Å²) in [5.41, 5.74) is 0. The normalized spacial score (nSPS) is 28.8. The van der Waals surface area contributed by atoms with E-state index >= 15 is 0 Å². The van der Waals surface area contributed by atoms with Crippen molar-refractivity contribution in [3.63, 3.8) is 0 Å². The summed E-state index contributed by atoms with van der Waals surface area (Å²) in [7, 11) is 0. The Kier molecular flexibility index (Phi) is 3.98. The second-order valence-electron chi connectivity index (χ2n) is 3.68. The highest BCUT2D eigenvalue weighted by Gasteiger charge is 2.16. The van der Waals surface area contributed by atoms with Crippen molar-refractivity contribution in [2.75, 3.05) is 26.2 Å². The molecular formula is C9H20N2O. The van der Waals surface area contributed by atoms with E-state index in [1.165, 1.54) is 0 Å². The van der Waals surface area contributed by atoms with Gasteiger partial charge in [0.2, 0.25) is 0 Å². The number of β-amino-alcohol motifs (C(OH)–C–C–N with tert-alkyl or cyclic N) is 1. The molecule has 0 saturated carbocycles. The van der Waals surface area contributed by atoms with E-state index in [-0.39, 0.29) is 6.10 Å². The van der Waals surface area contributed by atoms with Gasteiger partial charge in [-0.3, -0.25) is 4.90 Å². The first kappa shape index (κ1) is 9.96. The highest BCUT2D eigenvalue weighted by Crippen LogP contribution is 2.01. The second kappa shape index (κ2) is 4.80. The van der Waals surface area contributed by atoms with Crippen molar-refractivity contribution < 1.29 is 5.11 Å². The maximum absolute atomic E-state index is 9.43. The second-order valence-corrected chi connectivity index (χ2v) is 3.68. The number of hydrogen-bond donors (Lipinski definition) is 2. The van der Waals surface area contributed by atoms with Crippen LogP contribution < -0.4 is 5.32 Å². The fourth-order valence-corrected chi connectivity index (χ4v) is 1.61. The molecule has 2 N–H and O–H groups in total. The van der Waals surface area contributed by atoms with Gasteiger partial charge in [-0.15, -0.1) is 0 Å². The van der Waals surface area contributed by atoms with E-state index in [2.05, 4.69) is 17.1 Å². The van der Waals surface area contributed by atoms with Gasteiger partial charge < -0.3 is 10.4 Å². The molecule has 2 atom stereocenters. The SMILES string of the molecule is CCC(O)CN1CCN[C@@H](C)C1. The zero-order valence-corrected chi connectivity index (χ0v) is 8.08. The summed E-state index contributed by atoms with van der Waals surface area (Å²) < 4.78 is 0. The van der Waals surface area contributed by atoms with Gasteiger partial charge in [-0.1, -0.05) is 6.92 Å². The molecule has 0 radical (unpaired) electrons. The Labute approximate surface area is 74.8 Å². The average Bonchev–Trinajstić information content (AvgIpc) is 2.04. The summed E-state index contributed by atoms with van der Waals surface area (Å²) in [6.07, 6.45) is 0.716. The monoisotopic (exact) mass is 172 g/mol. The number of nitrogens with one attached hydrogen (secondary N) is 1. The van der Waals surface area contributed by atoms with Crippen molar-refractivity contribution in [2.24, 2.45) is 0 Å². The summed E-state index contributed by atoms with van der Waals surface area (Å²) in [6, 6.07) is 0.572. The molecule has 3 nitrogen and oxygen atoms in total. The quantitative estimate of drug-likeness (QED) is 0.631. The van der Waals surface area contributed by atoms with Crippen LogP contribution >= 0.6 is 0 Å². The maximum atomic E-state index is 9.43. The smallest absolute Gasteiger partial charge is 0.0664 e. The van der Waals surface area contributed by atoms with Gasteiger partial charge in [0.05, 0.1) is 6.10 Å². The predicted octanol–water partition coefficient (Wildman–Crippen LogP) is 0.0510. The third kappa shape index (κ3) is 3.09. The lowest BCUT2D eigenvalue weighted by Gasteiger charge is -2.32. The van der Waals surface area contributed by atoms with Crippen LogP contribution in [0.3, 0.4) is 0 Å². The van der Waals surface area contributed by atoms with Crippen LogP contribution in [0, 0.1) is 0 Å². The lowest BCUT2D eigenvalue weighted by molar-refractivity contribution is 0.0935. The molecule has 1 unspecified atom stereocenters. The minimum Gasteiger partial charge on any atom is -0.392 e. The van der Waals surface area contributed by atoms with Crippen molar-refractivity contribution in [2.45, 2.75) is 32.4 Å². The molecule has 0 bridgehead atoms. The predicted molar refractivity (Wildman–Crippen MR) is 50.2 cm³/mol. The number of aliphatic hydroxyl groups is 1. The van der Waals surface area contributed by atoms with Gasteiger partial charge in [0.15, 0.2) is 0 Å². The molecule has 0 aliphatic carbocycles. The Morgan fingerprint density at radius 1 is 1.67 bits per heavy atom. The molecular weight excluding hydrogens is 152 g/mol. The Bertz CT molecular complexity index is 130. The lowest BCUT2D eigenvalue weighted by atomic mass is 10.2. The number of rotatable bonds is 3. The van der Waals surface area contributed by atoms with Gasteiger partial charge in [0.1, 0.15) is 0 Å². The zero-order valence-electron chi connectivity index (χ0n) is 8.08. The van der Waals surface area contributed by atoms with Gasteiger partial charge in [0, 0.05) is 32.2 Å². The molecule has 0 amide bonds. The van der Waals surface area contributed by atoms with Crippen molar-refractivity contribution in [3.8, 4) is 0 Å². The third-order valence-electron chi connectivity index (χ3n) is 2.39. The lowest BCUT2D eigenvalue weighted by Crippen LogP contribution is -2.51. The highest BCUT2D eigenvalue weighted by atomic mass is 16.3. The Morgan fingerprint density at radius 3 is 3.00 bits per heavy atom. The molecule has 1 fully saturated rings. The van der Waals surface area contributed by atoms with Crippen molar-refractivity contribution in [3.05, 3.63) is 0 Å². The highest BCUT2D eigenvalue weighted by molar-refractivity contribution is 4.76. The minimum absolute atomic E-state index is 0.143. The summed E-state index contributed by atoms with van der Waals surface area (Å²) in [5, 5.41) is 12.8. The molecule has 1 rings (SSSR count). The van der Waals surface area contributed by atoms with E-state index in [1.54, 1.807) is 0 Å². The largest absolute Gasteiger partial charge is 0.392 e. The maximum Gasteiger partial charge on any atom is 0.0664 e. The Balaban J connectivity index is 2.22. The van der Waals surface area contributed by atoms with Crippen LogP contribution in [0.25, 0.3) is 0 Å². The molecule has 72 valence electrons. The van der Waals surface area contributed by atoms with E-state index in [0.29, 0.717) is 6.04 Å². The summed E-state index contributed by atoms with van der Waals surface area (Å²) in [4.78, 5) is 2.33. The van der Waals surface area contributed by atoms with Gasteiger partial charge in [-0.05, 0) is 13.3 Å². The number of aliphatic hydroxyl groups excluding tert-OH is 1. The van der Waals surface area contributed by atoms with Crippen molar-refractivity contribution in [1.82, 2.24) is 10.2 Å². The standard InChI is InChI=1S/C9H20N2O/c1-3-9(12)7-11-5-4-10-8(2)6-11/h8-10,12H,3-7H2,1-2H3/t8-,9?/m0/s1. The first-order chi connectivity index (χ1) is 5.72. The zero-order chi connectivity index (χ0) is 8.97. The molecule has 12 heavy (non-hydrogen) atoms. The van der Waals surface area contributed by atoms with Crippen LogP contribution in [0.5, 0.6) is 0 Å². The van der Waals surface area contributed by atoms with Gasteiger partial charge >= 0.3 is 0 Å². The number of hydrogen-bond acceptors (Lipinski definition) is 3. The summed E-state index contributed by atoms with van der Waals surface area (Å²) in [5.74, 6) is 0. The van der Waals surface area contributed by atoms with Gasteiger partial charge in [-0.25, -0.2) is 0 Å². The minimum atomic E-state index is -0.143. The molecule has 1 aliphatic rings. The summed E-state index contributed by atoms with van der Waals surface area (Å²) >= 11 is 0. The Morgan fingerprint density at radius 2 is 2.42 bits per heavy atom. The van der Waals surface area contributed by atoms with Crippen LogP contribution in [-0.2, 0) is 0 Å². The summed E-state index contributed by atoms with van der Waals surface area (Å²) in [6.45, 7) is 8.24. The molecule has 1 saturated heterocycles. The Hall–Kier alpha value is -0.120. The fraction of sp³-hybridized carbons (Fsp3) is 1.00. The van der Waals surface area contributed by atoms with Crippen LogP contribution in [0.15, 0.2) is 0 Å². The number of piperazine rings is 1. The van der Waals surface area contributed by atoms with Crippen LogP contribution in [-0.4, -0.2) is 48.3 Å². The molecule has 0 aromatic rings. The average molecular weight is 172 g/mol. The van der Waals surface area contributed by atoms with Gasteiger partial charge in [0.25, 0.3) is 0 Å². The van der Waals surface area contributed by atoms with Crippen LogP contribution in [0.1, 0.15) is 20.3 Å². The van der Waals surface area contributed by atoms with Crippen LogP contribution in [0.4, 0.5) is 0 Å². The van der Waals surface area contributed by atoms with Crippen LogP contribution in [0.2, 0.25) is 0 Å². The van der Waals surface area contributed by atoms with E-state index in [1.807, 2.05) is 6.92 Å². The van der Waals surface area contributed by atoms with Gasteiger partial charge in [-0.2, -0.15) is 0 Å². The van der Waals surface area contributed by atoms with Crippen molar-refractivity contribution >= 4 is 0 Å². The van der Waals surface area contributed by atoms with Crippen molar-refractivity contribution in [1.29, 1.82) is 0 Å². The molecule has 1 heterocycles. The first-order valence-electron chi connectivity index (χ1n) is 4.86. The van der Waals surface area contributed by atoms with E-state index < -0.39 is 0 Å². The first-order valence-corrected chi connectivity index (χ1v) is 4.86. The fourth-order valence-electron chi connectivity index (χ4n) is 1.61. The molecule has 0 aromatic heterocycles. The van der Waals surface area contributed by atoms with E-state index in [9.17, 15) is 5.11 Å². The molecule has 1 aliphatic heterocycles. The third-order valence-corrected chi connectivity index (χ3v) is 2.39. The molecule has 0 aromatic carbocycles.